The molecule has 0 radical (unpaired) electrons. The highest BCUT2D eigenvalue weighted by atomic mass is 35.5. The molecule has 0 aliphatic carbocycles. The molecule has 0 bridgehead atoms. The fourth-order valence-corrected chi connectivity index (χ4v) is 4.14. The Labute approximate surface area is 204 Å². The van der Waals surface area contributed by atoms with Gasteiger partial charge in [-0.1, -0.05) is 30.7 Å². The van der Waals surface area contributed by atoms with Crippen molar-refractivity contribution in [3.63, 3.8) is 0 Å². The summed E-state index contributed by atoms with van der Waals surface area (Å²) in [7, 11) is 0. The van der Waals surface area contributed by atoms with E-state index >= 15 is 0 Å². The van der Waals surface area contributed by atoms with Gasteiger partial charge < -0.3 is 9.64 Å². The Morgan fingerprint density at radius 3 is 2.24 bits per heavy atom. The molecule has 8 heteroatoms. The SMILES string of the molecule is CCOC(=O)c1ccc(N2C(=O)CC(N(C(=O)Cc3ccc(Cl)cc3)C(C)(C)CC)C2=O)cc1. The van der Waals surface area contributed by atoms with Crippen LogP contribution in [0.1, 0.15) is 56.5 Å². The smallest absolute Gasteiger partial charge is 0.338 e. The summed E-state index contributed by atoms with van der Waals surface area (Å²) in [6, 6.07) is 12.2. The third-order valence-corrected chi connectivity index (χ3v) is 6.38. The summed E-state index contributed by atoms with van der Waals surface area (Å²) in [5, 5.41) is 0.572. The number of carbonyl (C=O) groups is 4. The lowest BCUT2D eigenvalue weighted by atomic mass is 9.94. The summed E-state index contributed by atoms with van der Waals surface area (Å²) >= 11 is 5.95. The van der Waals surface area contributed by atoms with Gasteiger partial charge in [-0.3, -0.25) is 14.4 Å². The molecule has 3 rings (SSSR count). The minimum Gasteiger partial charge on any atom is -0.462 e. The van der Waals surface area contributed by atoms with E-state index in [1.54, 1.807) is 36.1 Å². The molecule has 1 unspecified atom stereocenters. The van der Waals surface area contributed by atoms with E-state index < -0.39 is 29.4 Å². The Kier molecular flexibility index (Phi) is 7.77. The largest absolute Gasteiger partial charge is 0.462 e. The highest BCUT2D eigenvalue weighted by Gasteiger charge is 2.48. The number of hydrogen-bond acceptors (Lipinski definition) is 5. The van der Waals surface area contributed by atoms with Crippen LogP contribution in [0.2, 0.25) is 5.02 Å². The van der Waals surface area contributed by atoms with Crippen LogP contribution in [0, 0.1) is 0 Å². The second-order valence-electron chi connectivity index (χ2n) is 8.79. The van der Waals surface area contributed by atoms with Crippen molar-refractivity contribution >= 4 is 41.0 Å². The van der Waals surface area contributed by atoms with Gasteiger partial charge in [0.1, 0.15) is 6.04 Å². The van der Waals surface area contributed by atoms with E-state index in [1.165, 1.54) is 24.3 Å². The van der Waals surface area contributed by atoms with E-state index in [9.17, 15) is 19.2 Å². The summed E-state index contributed by atoms with van der Waals surface area (Å²) in [6.45, 7) is 7.68. The van der Waals surface area contributed by atoms with Crippen molar-refractivity contribution in [2.24, 2.45) is 0 Å². The van der Waals surface area contributed by atoms with E-state index in [2.05, 4.69) is 0 Å². The Balaban J connectivity index is 1.87. The number of nitrogens with zero attached hydrogens (tertiary/aromatic N) is 2. The molecule has 1 aliphatic rings. The minimum atomic E-state index is -0.910. The van der Waals surface area contributed by atoms with Gasteiger partial charge in [0.05, 0.1) is 30.7 Å². The van der Waals surface area contributed by atoms with Gasteiger partial charge in [0.25, 0.3) is 5.91 Å². The molecule has 1 heterocycles. The van der Waals surface area contributed by atoms with Gasteiger partial charge in [-0.05, 0) is 69.2 Å². The minimum absolute atomic E-state index is 0.0901. The van der Waals surface area contributed by atoms with Crippen molar-refractivity contribution in [1.29, 1.82) is 0 Å². The number of halogens is 1. The van der Waals surface area contributed by atoms with Crippen LogP contribution < -0.4 is 4.90 Å². The van der Waals surface area contributed by atoms with Crippen molar-refractivity contribution in [3.05, 3.63) is 64.7 Å². The number of imide groups is 1. The van der Waals surface area contributed by atoms with Crippen LogP contribution in [-0.2, 0) is 25.5 Å². The first-order valence-corrected chi connectivity index (χ1v) is 11.7. The van der Waals surface area contributed by atoms with E-state index in [1.807, 2.05) is 20.8 Å². The molecule has 0 N–H and O–H groups in total. The first-order valence-electron chi connectivity index (χ1n) is 11.3. The van der Waals surface area contributed by atoms with Crippen LogP contribution >= 0.6 is 11.6 Å². The van der Waals surface area contributed by atoms with Gasteiger partial charge in [0, 0.05) is 10.6 Å². The lowest BCUT2D eigenvalue weighted by molar-refractivity contribution is -0.144. The summed E-state index contributed by atoms with van der Waals surface area (Å²) in [6.07, 6.45) is 0.590. The van der Waals surface area contributed by atoms with Crippen LogP contribution in [0.15, 0.2) is 48.5 Å². The van der Waals surface area contributed by atoms with E-state index in [4.69, 9.17) is 16.3 Å². The molecule has 2 aromatic carbocycles. The molecule has 7 nitrogen and oxygen atoms in total. The number of carbonyl (C=O) groups excluding carboxylic acids is 4. The molecular formula is C26H29ClN2O5. The average Bonchev–Trinajstić information content (AvgIpc) is 3.08. The van der Waals surface area contributed by atoms with Crippen molar-refractivity contribution in [3.8, 4) is 0 Å². The summed E-state index contributed by atoms with van der Waals surface area (Å²) in [4.78, 5) is 54.3. The Hall–Kier alpha value is -3.19. The highest BCUT2D eigenvalue weighted by Crippen LogP contribution is 2.32. The monoisotopic (exact) mass is 484 g/mol. The molecule has 3 amide bonds. The molecular weight excluding hydrogens is 456 g/mol. The summed E-state index contributed by atoms with van der Waals surface area (Å²) in [5.74, 6) is -1.57. The second-order valence-corrected chi connectivity index (χ2v) is 9.22. The Bertz CT molecular complexity index is 1080. The number of benzene rings is 2. The predicted molar refractivity (Wildman–Crippen MR) is 130 cm³/mol. The molecule has 2 aromatic rings. The molecule has 0 spiro atoms. The zero-order chi connectivity index (χ0) is 25.0. The Morgan fingerprint density at radius 1 is 1.06 bits per heavy atom. The van der Waals surface area contributed by atoms with Crippen LogP contribution in [0.25, 0.3) is 0 Å². The van der Waals surface area contributed by atoms with Gasteiger partial charge in [-0.15, -0.1) is 0 Å². The molecule has 1 saturated heterocycles. The highest BCUT2D eigenvalue weighted by molar-refractivity contribution is 6.30. The van der Waals surface area contributed by atoms with Crippen molar-refractivity contribution < 1.29 is 23.9 Å². The second kappa shape index (κ2) is 10.4. The molecule has 1 aliphatic heterocycles. The summed E-state index contributed by atoms with van der Waals surface area (Å²) in [5.41, 5.74) is 0.807. The zero-order valence-electron chi connectivity index (χ0n) is 19.8. The van der Waals surface area contributed by atoms with Gasteiger partial charge in [0.2, 0.25) is 11.8 Å². The topological polar surface area (TPSA) is 84.0 Å². The van der Waals surface area contributed by atoms with Crippen molar-refractivity contribution in [1.82, 2.24) is 4.90 Å². The zero-order valence-corrected chi connectivity index (χ0v) is 20.6. The van der Waals surface area contributed by atoms with Crippen LogP contribution in [0.3, 0.4) is 0 Å². The number of amides is 3. The molecule has 34 heavy (non-hydrogen) atoms. The van der Waals surface area contributed by atoms with Crippen LogP contribution in [-0.4, -0.2) is 46.8 Å². The number of esters is 1. The maximum absolute atomic E-state index is 13.4. The maximum atomic E-state index is 13.4. The van der Waals surface area contributed by atoms with Crippen molar-refractivity contribution in [2.45, 2.75) is 58.5 Å². The first kappa shape index (κ1) is 25.4. The number of rotatable bonds is 8. The Morgan fingerprint density at radius 2 is 1.68 bits per heavy atom. The fraction of sp³-hybridized carbons (Fsp3) is 0.385. The normalized spacial score (nSPS) is 16.0. The van der Waals surface area contributed by atoms with Gasteiger partial charge in [-0.25, -0.2) is 9.69 Å². The third-order valence-electron chi connectivity index (χ3n) is 6.13. The van der Waals surface area contributed by atoms with Crippen LogP contribution in [0.4, 0.5) is 5.69 Å². The van der Waals surface area contributed by atoms with Crippen molar-refractivity contribution in [2.75, 3.05) is 11.5 Å². The summed E-state index contributed by atoms with van der Waals surface area (Å²) < 4.78 is 4.98. The molecule has 0 aromatic heterocycles. The van der Waals surface area contributed by atoms with E-state index in [0.717, 1.165) is 10.5 Å². The number of ether oxygens (including phenoxy) is 1. The molecule has 1 fully saturated rings. The maximum Gasteiger partial charge on any atom is 0.338 e. The molecule has 1 atom stereocenters. The third kappa shape index (κ3) is 5.30. The lowest BCUT2D eigenvalue weighted by Gasteiger charge is -2.41. The van der Waals surface area contributed by atoms with E-state index in [0.29, 0.717) is 22.7 Å². The molecule has 0 saturated carbocycles. The number of anilines is 1. The van der Waals surface area contributed by atoms with Crippen LogP contribution in [0.5, 0.6) is 0 Å². The van der Waals surface area contributed by atoms with Gasteiger partial charge in [0.15, 0.2) is 0 Å². The quantitative estimate of drug-likeness (QED) is 0.409. The molecule has 180 valence electrons. The lowest BCUT2D eigenvalue weighted by Crippen LogP contribution is -2.56. The standard InChI is InChI=1S/C26H29ClN2O5/c1-5-26(3,4)29(23(31)15-17-7-11-19(27)12-8-17)21-16-22(30)28(24(21)32)20-13-9-18(10-14-20)25(33)34-6-2/h7-14,21H,5-6,15-16H2,1-4H3. The fourth-order valence-electron chi connectivity index (χ4n) is 4.02. The number of hydrogen-bond donors (Lipinski definition) is 0. The first-order chi connectivity index (χ1) is 16.1. The van der Waals surface area contributed by atoms with Gasteiger partial charge >= 0.3 is 5.97 Å². The van der Waals surface area contributed by atoms with Gasteiger partial charge in [-0.2, -0.15) is 0 Å². The van der Waals surface area contributed by atoms with E-state index in [-0.39, 0.29) is 25.4 Å². The predicted octanol–water partition coefficient (Wildman–Crippen LogP) is 4.41. The average molecular weight is 485 g/mol.